The van der Waals surface area contributed by atoms with Crippen LogP contribution in [0.4, 0.5) is 17.2 Å². The van der Waals surface area contributed by atoms with E-state index in [9.17, 15) is 0 Å². The Kier molecular flexibility index (Phi) is 3.47. The monoisotopic (exact) mass is 255 g/mol. The van der Waals surface area contributed by atoms with E-state index in [-0.39, 0.29) is 5.41 Å². The molecule has 0 atom stereocenters. The molecule has 3 heteroatoms. The molecule has 0 spiro atoms. The Bertz CT molecular complexity index is 566. The molecule has 0 aliphatic carbocycles. The summed E-state index contributed by atoms with van der Waals surface area (Å²) in [5.41, 5.74) is 9.96. The van der Waals surface area contributed by atoms with Crippen molar-refractivity contribution in [1.29, 1.82) is 0 Å². The van der Waals surface area contributed by atoms with Gasteiger partial charge in [0.1, 0.15) is 5.82 Å². The quantitative estimate of drug-likeness (QED) is 0.852. The first-order valence-corrected chi connectivity index (χ1v) is 6.46. The summed E-state index contributed by atoms with van der Waals surface area (Å²) in [6.45, 7) is 8.62. The van der Waals surface area contributed by atoms with Crippen LogP contribution in [0.3, 0.4) is 0 Å². The first kappa shape index (κ1) is 13.4. The molecule has 1 aromatic heterocycles. The number of aromatic nitrogens is 1. The highest BCUT2D eigenvalue weighted by Crippen LogP contribution is 2.25. The summed E-state index contributed by atoms with van der Waals surface area (Å²) < 4.78 is 0. The maximum Gasteiger partial charge on any atom is 0.133 e. The van der Waals surface area contributed by atoms with Gasteiger partial charge in [0, 0.05) is 5.69 Å². The van der Waals surface area contributed by atoms with Gasteiger partial charge in [-0.3, -0.25) is 0 Å². The molecule has 2 rings (SSSR count). The molecule has 0 unspecified atom stereocenters. The SMILES string of the molecule is Cc1cc(N)cnc1Nc1ccc(C(C)(C)C)cc1. The fourth-order valence-electron chi connectivity index (χ4n) is 1.92. The minimum atomic E-state index is 0.174. The minimum absolute atomic E-state index is 0.174. The smallest absolute Gasteiger partial charge is 0.133 e. The van der Waals surface area contributed by atoms with Crippen LogP contribution in [0, 0.1) is 6.92 Å². The summed E-state index contributed by atoms with van der Waals surface area (Å²) >= 11 is 0. The van der Waals surface area contributed by atoms with Gasteiger partial charge in [0.25, 0.3) is 0 Å². The van der Waals surface area contributed by atoms with Crippen molar-refractivity contribution < 1.29 is 0 Å². The third-order valence-electron chi connectivity index (χ3n) is 3.11. The highest BCUT2D eigenvalue weighted by molar-refractivity contribution is 5.61. The molecule has 0 saturated heterocycles. The molecule has 0 amide bonds. The van der Waals surface area contributed by atoms with E-state index >= 15 is 0 Å². The van der Waals surface area contributed by atoms with Crippen molar-refractivity contribution in [2.45, 2.75) is 33.1 Å². The second kappa shape index (κ2) is 4.92. The number of nitrogens with zero attached hydrogens (tertiary/aromatic N) is 1. The number of nitrogens with one attached hydrogen (secondary N) is 1. The van der Waals surface area contributed by atoms with E-state index in [2.05, 4.69) is 55.3 Å². The number of benzene rings is 1. The van der Waals surface area contributed by atoms with E-state index in [4.69, 9.17) is 5.73 Å². The Morgan fingerprint density at radius 1 is 1.11 bits per heavy atom. The molecule has 1 heterocycles. The van der Waals surface area contributed by atoms with Gasteiger partial charge in [-0.1, -0.05) is 32.9 Å². The number of rotatable bonds is 2. The van der Waals surface area contributed by atoms with Crippen molar-refractivity contribution in [3.8, 4) is 0 Å². The predicted molar refractivity (Wildman–Crippen MR) is 81.8 cm³/mol. The molecule has 2 aromatic rings. The first-order valence-electron chi connectivity index (χ1n) is 6.46. The summed E-state index contributed by atoms with van der Waals surface area (Å²) in [6.07, 6.45) is 1.67. The van der Waals surface area contributed by atoms with Crippen molar-refractivity contribution in [2.75, 3.05) is 11.1 Å². The third-order valence-corrected chi connectivity index (χ3v) is 3.11. The fourth-order valence-corrected chi connectivity index (χ4v) is 1.92. The van der Waals surface area contributed by atoms with Gasteiger partial charge in [-0.15, -0.1) is 0 Å². The summed E-state index contributed by atoms with van der Waals surface area (Å²) in [6, 6.07) is 10.4. The van der Waals surface area contributed by atoms with E-state index in [0.717, 1.165) is 17.1 Å². The van der Waals surface area contributed by atoms with Crippen LogP contribution in [0.15, 0.2) is 36.5 Å². The van der Waals surface area contributed by atoms with Crippen LogP contribution in [0.5, 0.6) is 0 Å². The minimum Gasteiger partial charge on any atom is -0.397 e. The summed E-state index contributed by atoms with van der Waals surface area (Å²) in [7, 11) is 0. The zero-order chi connectivity index (χ0) is 14.0. The summed E-state index contributed by atoms with van der Waals surface area (Å²) in [4.78, 5) is 4.31. The third kappa shape index (κ3) is 3.25. The lowest BCUT2D eigenvalue weighted by Crippen LogP contribution is -2.10. The average molecular weight is 255 g/mol. The van der Waals surface area contributed by atoms with Crippen LogP contribution < -0.4 is 11.1 Å². The molecule has 0 bridgehead atoms. The lowest BCUT2D eigenvalue weighted by atomic mass is 9.87. The van der Waals surface area contributed by atoms with Crippen LogP contribution in [0.1, 0.15) is 31.9 Å². The maximum atomic E-state index is 5.70. The fraction of sp³-hybridized carbons (Fsp3) is 0.312. The van der Waals surface area contributed by atoms with Crippen molar-refractivity contribution in [3.05, 3.63) is 47.7 Å². The standard InChI is InChI=1S/C16H21N3/c1-11-9-13(17)10-18-15(11)19-14-7-5-12(6-8-14)16(2,3)4/h5-10H,17H2,1-4H3,(H,18,19). The van der Waals surface area contributed by atoms with Crippen LogP contribution in [-0.4, -0.2) is 4.98 Å². The van der Waals surface area contributed by atoms with Crippen molar-refractivity contribution in [2.24, 2.45) is 0 Å². The largest absolute Gasteiger partial charge is 0.397 e. The molecule has 0 saturated carbocycles. The Morgan fingerprint density at radius 2 is 1.74 bits per heavy atom. The van der Waals surface area contributed by atoms with Gasteiger partial charge >= 0.3 is 0 Å². The maximum absolute atomic E-state index is 5.70. The van der Waals surface area contributed by atoms with Gasteiger partial charge in [-0.25, -0.2) is 4.98 Å². The second-order valence-electron chi connectivity index (χ2n) is 5.89. The van der Waals surface area contributed by atoms with Crippen molar-refractivity contribution in [3.63, 3.8) is 0 Å². The van der Waals surface area contributed by atoms with Gasteiger partial charge in [0.2, 0.25) is 0 Å². The van der Waals surface area contributed by atoms with Crippen LogP contribution in [0.2, 0.25) is 0 Å². The molecule has 3 N–H and O–H groups in total. The number of aryl methyl sites for hydroxylation is 1. The molecule has 19 heavy (non-hydrogen) atoms. The number of nitrogen functional groups attached to an aromatic ring is 1. The molecule has 0 aliphatic rings. The summed E-state index contributed by atoms with van der Waals surface area (Å²) in [5.74, 6) is 0.845. The molecule has 0 aliphatic heterocycles. The molecule has 1 aromatic carbocycles. The van der Waals surface area contributed by atoms with E-state index in [1.165, 1.54) is 5.56 Å². The number of hydrogen-bond donors (Lipinski definition) is 2. The molecule has 3 nitrogen and oxygen atoms in total. The highest BCUT2D eigenvalue weighted by Gasteiger charge is 2.12. The second-order valence-corrected chi connectivity index (χ2v) is 5.89. The van der Waals surface area contributed by atoms with Gasteiger partial charge in [-0.2, -0.15) is 0 Å². The van der Waals surface area contributed by atoms with Crippen molar-refractivity contribution in [1.82, 2.24) is 4.98 Å². The van der Waals surface area contributed by atoms with E-state index < -0.39 is 0 Å². The topological polar surface area (TPSA) is 50.9 Å². The zero-order valence-electron chi connectivity index (χ0n) is 12.0. The highest BCUT2D eigenvalue weighted by atomic mass is 15.0. The molecule has 100 valence electrons. The lowest BCUT2D eigenvalue weighted by Gasteiger charge is -2.19. The van der Waals surface area contributed by atoms with E-state index in [1.807, 2.05) is 13.0 Å². The zero-order valence-corrected chi connectivity index (χ0v) is 12.0. The molecular formula is C16H21N3. The lowest BCUT2D eigenvalue weighted by molar-refractivity contribution is 0.590. The van der Waals surface area contributed by atoms with Crippen LogP contribution >= 0.6 is 0 Å². The normalized spacial score (nSPS) is 11.4. The van der Waals surface area contributed by atoms with E-state index in [1.54, 1.807) is 6.20 Å². The molecular weight excluding hydrogens is 234 g/mol. The van der Waals surface area contributed by atoms with Crippen molar-refractivity contribution >= 4 is 17.2 Å². The van der Waals surface area contributed by atoms with Gasteiger partial charge in [0.15, 0.2) is 0 Å². The number of nitrogens with two attached hydrogens (primary N) is 1. The van der Waals surface area contributed by atoms with Gasteiger partial charge in [-0.05, 0) is 41.7 Å². The van der Waals surface area contributed by atoms with Crippen LogP contribution in [-0.2, 0) is 5.41 Å². The van der Waals surface area contributed by atoms with Gasteiger partial charge in [0.05, 0.1) is 11.9 Å². The van der Waals surface area contributed by atoms with Gasteiger partial charge < -0.3 is 11.1 Å². The van der Waals surface area contributed by atoms with E-state index in [0.29, 0.717) is 5.69 Å². The number of pyridine rings is 1. The Labute approximate surface area is 114 Å². The molecule has 0 radical (unpaired) electrons. The molecule has 0 fully saturated rings. The first-order chi connectivity index (χ1) is 8.86. The average Bonchev–Trinajstić information content (AvgIpc) is 2.32. The Morgan fingerprint density at radius 3 is 2.26 bits per heavy atom. The number of anilines is 3. The Balaban J connectivity index is 2.20. The summed E-state index contributed by atoms with van der Waals surface area (Å²) in [5, 5.41) is 3.31. The predicted octanol–water partition coefficient (Wildman–Crippen LogP) is 4.01. The van der Waals surface area contributed by atoms with Crippen LogP contribution in [0.25, 0.3) is 0 Å². The Hall–Kier alpha value is -2.03. The number of hydrogen-bond acceptors (Lipinski definition) is 3.